The van der Waals surface area contributed by atoms with E-state index in [-0.39, 0.29) is 5.92 Å². The summed E-state index contributed by atoms with van der Waals surface area (Å²) in [5.41, 5.74) is 1.15. The van der Waals surface area contributed by atoms with Gasteiger partial charge in [0.05, 0.1) is 12.0 Å². The van der Waals surface area contributed by atoms with Crippen molar-refractivity contribution in [3.63, 3.8) is 0 Å². The predicted octanol–water partition coefficient (Wildman–Crippen LogP) is 1.98. The second-order valence-corrected chi connectivity index (χ2v) is 5.77. The van der Waals surface area contributed by atoms with Crippen LogP contribution in [-0.2, 0) is 0 Å². The van der Waals surface area contributed by atoms with E-state index in [1.807, 2.05) is 18.2 Å². The number of nitrogens with one attached hydrogen (secondary N) is 1. The Morgan fingerprint density at radius 2 is 2.16 bits per heavy atom. The van der Waals surface area contributed by atoms with Crippen LogP contribution >= 0.6 is 0 Å². The SMILES string of the molecule is N#CC(CN1C[C@@H]2CCCN[C@@H]2C1)c1ccccc1. The van der Waals surface area contributed by atoms with E-state index in [1.54, 1.807) is 0 Å². The first-order valence-electron chi connectivity index (χ1n) is 7.27. The summed E-state index contributed by atoms with van der Waals surface area (Å²) in [7, 11) is 0. The third-order valence-electron chi connectivity index (χ3n) is 4.47. The molecule has 3 nitrogen and oxygen atoms in total. The van der Waals surface area contributed by atoms with E-state index in [0.29, 0.717) is 6.04 Å². The van der Waals surface area contributed by atoms with E-state index in [1.165, 1.54) is 12.8 Å². The molecule has 0 radical (unpaired) electrons. The lowest BCUT2D eigenvalue weighted by atomic mass is 9.94. The second-order valence-electron chi connectivity index (χ2n) is 5.77. The minimum atomic E-state index is 0.00125. The first-order valence-corrected chi connectivity index (χ1v) is 7.27. The number of nitriles is 1. The van der Waals surface area contributed by atoms with Crippen molar-refractivity contribution in [2.75, 3.05) is 26.2 Å². The number of hydrogen-bond acceptors (Lipinski definition) is 3. The van der Waals surface area contributed by atoms with Gasteiger partial charge in [0.25, 0.3) is 0 Å². The molecule has 0 saturated carbocycles. The van der Waals surface area contributed by atoms with Crippen LogP contribution in [0.2, 0.25) is 0 Å². The number of rotatable bonds is 3. The first-order chi connectivity index (χ1) is 9.36. The molecule has 3 atom stereocenters. The summed E-state index contributed by atoms with van der Waals surface area (Å²) in [6.45, 7) is 4.29. The van der Waals surface area contributed by atoms with Crippen molar-refractivity contribution < 1.29 is 0 Å². The number of piperidine rings is 1. The average molecular weight is 255 g/mol. The lowest BCUT2D eigenvalue weighted by Gasteiger charge is -2.24. The van der Waals surface area contributed by atoms with Gasteiger partial charge < -0.3 is 5.32 Å². The standard InChI is InChI=1S/C16H21N3/c17-9-15(13-5-2-1-3-6-13)11-19-10-14-7-4-8-18-16(14)12-19/h1-3,5-6,14-16,18H,4,7-8,10-12H2/t14-,15?,16+/m0/s1. The van der Waals surface area contributed by atoms with E-state index >= 15 is 0 Å². The molecule has 2 aliphatic rings. The number of fused-ring (bicyclic) bond motifs is 1. The second kappa shape index (κ2) is 5.73. The fraction of sp³-hybridized carbons (Fsp3) is 0.562. The van der Waals surface area contributed by atoms with Gasteiger partial charge in [-0.15, -0.1) is 0 Å². The molecule has 1 aromatic carbocycles. The molecular formula is C16H21N3. The molecule has 100 valence electrons. The number of likely N-dealkylation sites (tertiary alicyclic amines) is 1. The van der Waals surface area contributed by atoms with Crippen molar-refractivity contribution in [1.29, 1.82) is 5.26 Å². The molecule has 0 amide bonds. The Morgan fingerprint density at radius 1 is 1.32 bits per heavy atom. The van der Waals surface area contributed by atoms with E-state index in [4.69, 9.17) is 0 Å². The summed E-state index contributed by atoms with van der Waals surface area (Å²) in [5.74, 6) is 0.796. The third kappa shape index (κ3) is 2.80. The molecular weight excluding hydrogens is 234 g/mol. The van der Waals surface area contributed by atoms with Crippen LogP contribution in [-0.4, -0.2) is 37.1 Å². The van der Waals surface area contributed by atoms with Gasteiger partial charge in [0.15, 0.2) is 0 Å². The molecule has 2 aliphatic heterocycles. The Bertz CT molecular complexity index is 437. The van der Waals surface area contributed by atoms with E-state index < -0.39 is 0 Å². The van der Waals surface area contributed by atoms with Gasteiger partial charge in [-0.1, -0.05) is 30.3 Å². The van der Waals surface area contributed by atoms with E-state index in [2.05, 4.69) is 28.4 Å². The Morgan fingerprint density at radius 3 is 2.89 bits per heavy atom. The quantitative estimate of drug-likeness (QED) is 0.897. The normalized spacial score (nSPS) is 28.6. The highest BCUT2D eigenvalue weighted by Crippen LogP contribution is 2.27. The summed E-state index contributed by atoms with van der Waals surface area (Å²) in [6.07, 6.45) is 2.64. The van der Waals surface area contributed by atoms with Crippen molar-refractivity contribution in [3.8, 4) is 6.07 Å². The van der Waals surface area contributed by atoms with Crippen LogP contribution in [0.3, 0.4) is 0 Å². The van der Waals surface area contributed by atoms with Crippen molar-refractivity contribution >= 4 is 0 Å². The lowest BCUT2D eigenvalue weighted by molar-refractivity contribution is 0.314. The van der Waals surface area contributed by atoms with Gasteiger partial charge in [0, 0.05) is 25.7 Å². The zero-order valence-corrected chi connectivity index (χ0v) is 11.3. The molecule has 19 heavy (non-hydrogen) atoms. The van der Waals surface area contributed by atoms with Crippen LogP contribution in [0.15, 0.2) is 30.3 Å². The topological polar surface area (TPSA) is 39.1 Å². The maximum absolute atomic E-state index is 9.41. The molecule has 2 saturated heterocycles. The molecule has 0 aromatic heterocycles. The van der Waals surface area contributed by atoms with Crippen molar-refractivity contribution in [3.05, 3.63) is 35.9 Å². The van der Waals surface area contributed by atoms with Crippen LogP contribution in [0.1, 0.15) is 24.3 Å². The van der Waals surface area contributed by atoms with Crippen LogP contribution in [0.5, 0.6) is 0 Å². The summed E-state index contributed by atoms with van der Waals surface area (Å²) in [4.78, 5) is 2.47. The minimum absolute atomic E-state index is 0.00125. The average Bonchev–Trinajstić information content (AvgIpc) is 2.88. The Hall–Kier alpha value is -1.37. The van der Waals surface area contributed by atoms with Gasteiger partial charge >= 0.3 is 0 Å². The number of hydrogen-bond donors (Lipinski definition) is 1. The first kappa shape index (κ1) is 12.7. The van der Waals surface area contributed by atoms with Gasteiger partial charge in [0.1, 0.15) is 0 Å². The molecule has 3 rings (SSSR count). The van der Waals surface area contributed by atoms with Gasteiger partial charge in [-0.3, -0.25) is 4.90 Å². The maximum atomic E-state index is 9.41. The lowest BCUT2D eigenvalue weighted by Crippen LogP contribution is -2.40. The molecule has 1 aromatic rings. The molecule has 0 bridgehead atoms. The Labute approximate surface area is 115 Å². The summed E-state index contributed by atoms with van der Waals surface area (Å²) in [5, 5.41) is 13.0. The molecule has 0 aliphatic carbocycles. The highest BCUT2D eigenvalue weighted by atomic mass is 15.2. The zero-order valence-electron chi connectivity index (χ0n) is 11.3. The van der Waals surface area contributed by atoms with Gasteiger partial charge in [-0.25, -0.2) is 0 Å². The van der Waals surface area contributed by atoms with Crippen molar-refractivity contribution in [2.24, 2.45) is 5.92 Å². The monoisotopic (exact) mass is 255 g/mol. The van der Waals surface area contributed by atoms with Crippen LogP contribution in [0, 0.1) is 17.2 Å². The Kier molecular flexibility index (Phi) is 3.82. The zero-order chi connectivity index (χ0) is 13.1. The van der Waals surface area contributed by atoms with Gasteiger partial charge in [-0.05, 0) is 30.9 Å². The molecule has 2 heterocycles. The highest BCUT2D eigenvalue weighted by molar-refractivity contribution is 5.25. The smallest absolute Gasteiger partial charge is 0.0839 e. The minimum Gasteiger partial charge on any atom is -0.312 e. The largest absolute Gasteiger partial charge is 0.312 e. The maximum Gasteiger partial charge on any atom is 0.0839 e. The predicted molar refractivity (Wildman–Crippen MR) is 75.8 cm³/mol. The van der Waals surface area contributed by atoms with Gasteiger partial charge in [0.2, 0.25) is 0 Å². The number of nitrogens with zero attached hydrogens (tertiary/aromatic N) is 2. The van der Waals surface area contributed by atoms with Crippen LogP contribution < -0.4 is 5.32 Å². The van der Waals surface area contributed by atoms with Crippen LogP contribution in [0.4, 0.5) is 0 Å². The third-order valence-corrected chi connectivity index (χ3v) is 4.47. The number of benzene rings is 1. The van der Waals surface area contributed by atoms with Crippen molar-refractivity contribution in [1.82, 2.24) is 10.2 Å². The summed E-state index contributed by atoms with van der Waals surface area (Å²) >= 11 is 0. The fourth-order valence-corrected chi connectivity index (χ4v) is 3.45. The van der Waals surface area contributed by atoms with E-state index in [0.717, 1.165) is 37.7 Å². The summed E-state index contributed by atoms with van der Waals surface area (Å²) in [6, 6.07) is 13.3. The van der Waals surface area contributed by atoms with Crippen molar-refractivity contribution in [2.45, 2.75) is 24.8 Å². The molecule has 1 unspecified atom stereocenters. The highest BCUT2D eigenvalue weighted by Gasteiger charge is 2.34. The molecule has 1 N–H and O–H groups in total. The fourth-order valence-electron chi connectivity index (χ4n) is 3.45. The molecule has 2 fully saturated rings. The Balaban J connectivity index is 1.63. The van der Waals surface area contributed by atoms with Crippen LogP contribution in [0.25, 0.3) is 0 Å². The van der Waals surface area contributed by atoms with E-state index in [9.17, 15) is 5.26 Å². The van der Waals surface area contributed by atoms with Gasteiger partial charge in [-0.2, -0.15) is 5.26 Å². The summed E-state index contributed by atoms with van der Waals surface area (Å²) < 4.78 is 0. The molecule has 0 spiro atoms. The molecule has 3 heteroatoms.